The van der Waals surface area contributed by atoms with E-state index in [1.165, 1.54) is 0 Å². The molecule has 0 radical (unpaired) electrons. The molecule has 1 aromatic carbocycles. The lowest BCUT2D eigenvalue weighted by Gasteiger charge is -2.14. The minimum absolute atomic E-state index is 0.0700. The molecule has 1 aliphatic heterocycles. The number of benzene rings is 1. The van der Waals surface area contributed by atoms with Gasteiger partial charge in [0, 0.05) is 31.2 Å². The van der Waals surface area contributed by atoms with Crippen molar-refractivity contribution in [1.82, 2.24) is 19.1 Å². The topological polar surface area (TPSA) is 66.5 Å². The highest BCUT2D eigenvalue weighted by Crippen LogP contribution is 2.23. The Morgan fingerprint density at radius 3 is 2.83 bits per heavy atom. The Kier molecular flexibility index (Phi) is 3.97. The molecule has 0 spiro atoms. The minimum Gasteiger partial charge on any atom is -0.487 e. The highest BCUT2D eigenvalue weighted by molar-refractivity contribution is 5.85. The molecular weight excluding hydrogens is 306 g/mol. The molecule has 1 unspecified atom stereocenters. The van der Waals surface area contributed by atoms with E-state index >= 15 is 0 Å². The van der Waals surface area contributed by atoms with Crippen LogP contribution in [0.4, 0.5) is 0 Å². The van der Waals surface area contributed by atoms with Crippen molar-refractivity contribution >= 4 is 5.71 Å². The van der Waals surface area contributed by atoms with Crippen LogP contribution in [0.15, 0.2) is 66.9 Å². The Labute approximate surface area is 139 Å². The summed E-state index contributed by atoms with van der Waals surface area (Å²) < 4.78 is 9.86. The molecule has 4 rings (SSSR count). The molecule has 0 fully saturated rings. The van der Waals surface area contributed by atoms with Gasteiger partial charge in [0.2, 0.25) is 0 Å². The summed E-state index contributed by atoms with van der Waals surface area (Å²) in [6, 6.07) is 7.86. The molecule has 7 heteroatoms. The lowest BCUT2D eigenvalue weighted by atomic mass is 10.2. The summed E-state index contributed by atoms with van der Waals surface area (Å²) in [6.45, 7) is 1.14. The van der Waals surface area contributed by atoms with E-state index < -0.39 is 0 Å². The van der Waals surface area contributed by atoms with E-state index in [0.717, 1.165) is 23.6 Å². The number of nitrogens with zero attached hydrogens (tertiary/aromatic N) is 5. The Morgan fingerprint density at radius 2 is 2.00 bits per heavy atom. The Hall–Kier alpha value is -3.09. The molecule has 1 aliphatic rings. The standard InChI is InChI=1S/C17H17N5O2/c1-2-4-17(16(3-1)22-8-6-19-13-22)23-11-15-9-14(20-24-15)10-21-7-5-18-12-21/h1-8,12-13,15H,9-11H2. The molecule has 1 atom stereocenters. The predicted octanol–water partition coefficient (Wildman–Crippen LogP) is 2.29. The maximum atomic E-state index is 5.96. The van der Waals surface area contributed by atoms with Crippen molar-refractivity contribution in [3.8, 4) is 11.4 Å². The fourth-order valence-electron chi connectivity index (χ4n) is 2.64. The van der Waals surface area contributed by atoms with Crippen LogP contribution in [0.25, 0.3) is 5.69 Å². The second kappa shape index (κ2) is 6.57. The fraction of sp³-hybridized carbons (Fsp3) is 0.235. The first-order chi connectivity index (χ1) is 11.9. The zero-order valence-corrected chi connectivity index (χ0v) is 13.0. The Morgan fingerprint density at radius 1 is 1.12 bits per heavy atom. The summed E-state index contributed by atoms with van der Waals surface area (Å²) >= 11 is 0. The highest BCUT2D eigenvalue weighted by Gasteiger charge is 2.22. The summed E-state index contributed by atoms with van der Waals surface area (Å²) in [6.07, 6.45) is 11.5. The molecule has 3 heterocycles. The summed E-state index contributed by atoms with van der Waals surface area (Å²) in [7, 11) is 0. The van der Waals surface area contributed by atoms with Gasteiger partial charge in [-0.3, -0.25) is 0 Å². The molecule has 24 heavy (non-hydrogen) atoms. The molecule has 0 bridgehead atoms. The van der Waals surface area contributed by atoms with Gasteiger partial charge in [-0.05, 0) is 12.1 Å². The normalized spacial score (nSPS) is 16.7. The summed E-state index contributed by atoms with van der Waals surface area (Å²) in [4.78, 5) is 13.6. The monoisotopic (exact) mass is 323 g/mol. The van der Waals surface area contributed by atoms with Gasteiger partial charge in [-0.1, -0.05) is 17.3 Å². The third kappa shape index (κ3) is 3.15. The van der Waals surface area contributed by atoms with E-state index in [0.29, 0.717) is 13.2 Å². The van der Waals surface area contributed by atoms with Crippen molar-refractivity contribution in [2.24, 2.45) is 5.16 Å². The number of para-hydroxylation sites is 2. The molecule has 0 saturated carbocycles. The number of hydrogen-bond donors (Lipinski definition) is 0. The number of aromatic nitrogens is 4. The van der Waals surface area contributed by atoms with Gasteiger partial charge in [0.15, 0.2) is 6.10 Å². The van der Waals surface area contributed by atoms with Crippen molar-refractivity contribution in [3.05, 3.63) is 61.7 Å². The van der Waals surface area contributed by atoms with Gasteiger partial charge in [-0.2, -0.15) is 0 Å². The molecule has 122 valence electrons. The van der Waals surface area contributed by atoms with Gasteiger partial charge in [0.05, 0.1) is 30.6 Å². The fourth-order valence-corrected chi connectivity index (χ4v) is 2.64. The van der Waals surface area contributed by atoms with Gasteiger partial charge in [-0.25, -0.2) is 9.97 Å². The molecular formula is C17H17N5O2. The number of ether oxygens (including phenoxy) is 1. The lowest BCUT2D eigenvalue weighted by molar-refractivity contribution is 0.0470. The lowest BCUT2D eigenvalue weighted by Crippen LogP contribution is -2.19. The van der Waals surface area contributed by atoms with Crippen LogP contribution in [0, 0.1) is 0 Å². The smallest absolute Gasteiger partial charge is 0.166 e. The van der Waals surface area contributed by atoms with E-state index in [1.807, 2.05) is 45.8 Å². The van der Waals surface area contributed by atoms with Crippen LogP contribution < -0.4 is 4.74 Å². The quantitative estimate of drug-likeness (QED) is 0.698. The molecule has 0 aliphatic carbocycles. The molecule has 0 saturated heterocycles. The first-order valence-corrected chi connectivity index (χ1v) is 7.76. The van der Waals surface area contributed by atoms with Crippen LogP contribution in [0.2, 0.25) is 0 Å². The minimum atomic E-state index is -0.0700. The second-order valence-electron chi connectivity index (χ2n) is 5.57. The molecule has 2 aromatic heterocycles. The van der Waals surface area contributed by atoms with Crippen LogP contribution in [0.3, 0.4) is 0 Å². The number of oxime groups is 1. The maximum absolute atomic E-state index is 5.96. The predicted molar refractivity (Wildman–Crippen MR) is 88.2 cm³/mol. The van der Waals surface area contributed by atoms with Crippen LogP contribution in [0.1, 0.15) is 6.42 Å². The van der Waals surface area contributed by atoms with Crippen LogP contribution in [0.5, 0.6) is 5.75 Å². The third-order valence-corrected chi connectivity index (χ3v) is 3.79. The van der Waals surface area contributed by atoms with Crippen molar-refractivity contribution in [1.29, 1.82) is 0 Å². The first kappa shape index (κ1) is 14.5. The zero-order valence-electron chi connectivity index (χ0n) is 13.0. The second-order valence-corrected chi connectivity index (χ2v) is 5.57. The highest BCUT2D eigenvalue weighted by atomic mass is 16.7. The Balaban J connectivity index is 1.35. The summed E-state index contributed by atoms with van der Waals surface area (Å²) in [5.41, 5.74) is 1.94. The van der Waals surface area contributed by atoms with Gasteiger partial charge < -0.3 is 18.7 Å². The molecule has 7 nitrogen and oxygen atoms in total. The van der Waals surface area contributed by atoms with Crippen LogP contribution in [-0.2, 0) is 11.4 Å². The van der Waals surface area contributed by atoms with E-state index in [4.69, 9.17) is 9.57 Å². The largest absolute Gasteiger partial charge is 0.487 e. The van der Waals surface area contributed by atoms with Gasteiger partial charge >= 0.3 is 0 Å². The maximum Gasteiger partial charge on any atom is 0.166 e. The average molecular weight is 323 g/mol. The summed E-state index contributed by atoms with van der Waals surface area (Å²) in [5, 5.41) is 4.15. The first-order valence-electron chi connectivity index (χ1n) is 7.76. The van der Waals surface area contributed by atoms with E-state index in [2.05, 4.69) is 15.1 Å². The number of imidazole rings is 2. The van der Waals surface area contributed by atoms with E-state index in [-0.39, 0.29) is 6.10 Å². The van der Waals surface area contributed by atoms with Gasteiger partial charge in [0.1, 0.15) is 12.4 Å². The van der Waals surface area contributed by atoms with Gasteiger partial charge in [-0.15, -0.1) is 0 Å². The van der Waals surface area contributed by atoms with Crippen LogP contribution >= 0.6 is 0 Å². The summed E-state index contributed by atoms with van der Waals surface area (Å²) in [5.74, 6) is 0.794. The van der Waals surface area contributed by atoms with E-state index in [9.17, 15) is 0 Å². The average Bonchev–Trinajstić information content (AvgIpc) is 3.37. The van der Waals surface area contributed by atoms with Gasteiger partial charge in [0.25, 0.3) is 0 Å². The SMILES string of the molecule is c1ccc(-n2ccnc2)c(OCC2CC(Cn3ccnc3)=NO2)c1. The van der Waals surface area contributed by atoms with Crippen molar-refractivity contribution < 1.29 is 9.57 Å². The van der Waals surface area contributed by atoms with Crippen molar-refractivity contribution in [3.63, 3.8) is 0 Å². The third-order valence-electron chi connectivity index (χ3n) is 3.79. The van der Waals surface area contributed by atoms with E-state index in [1.54, 1.807) is 25.0 Å². The number of rotatable bonds is 6. The van der Waals surface area contributed by atoms with Crippen molar-refractivity contribution in [2.45, 2.75) is 19.1 Å². The number of hydrogen-bond acceptors (Lipinski definition) is 5. The molecule has 0 N–H and O–H groups in total. The zero-order chi connectivity index (χ0) is 16.2. The molecule has 0 amide bonds. The van der Waals surface area contributed by atoms with Crippen LogP contribution in [-0.4, -0.2) is 37.5 Å². The van der Waals surface area contributed by atoms with Crippen molar-refractivity contribution in [2.75, 3.05) is 6.61 Å². The Bertz CT molecular complexity index is 811. The molecule has 3 aromatic rings.